The summed E-state index contributed by atoms with van der Waals surface area (Å²) in [6.07, 6.45) is 2.45. The summed E-state index contributed by atoms with van der Waals surface area (Å²) in [4.78, 5) is 4.71. The number of halogens is 1. The zero-order valence-corrected chi connectivity index (χ0v) is 10.9. The molecular weight excluding hydrogens is 252 g/mol. The van der Waals surface area contributed by atoms with Crippen LogP contribution < -0.4 is 5.32 Å². The molecule has 1 saturated heterocycles. The molecule has 4 heteroatoms. The van der Waals surface area contributed by atoms with Gasteiger partial charge in [-0.2, -0.15) is 0 Å². The lowest BCUT2D eigenvalue weighted by Gasteiger charge is -2.04. The van der Waals surface area contributed by atoms with Gasteiger partial charge in [0.05, 0.1) is 11.7 Å². The van der Waals surface area contributed by atoms with E-state index in [2.05, 4.69) is 10.7 Å². The highest BCUT2D eigenvalue weighted by molar-refractivity contribution is 7.10. The average Bonchev–Trinajstić information content (AvgIpc) is 3.00. The van der Waals surface area contributed by atoms with Crippen molar-refractivity contribution in [3.8, 4) is 11.3 Å². The maximum atomic E-state index is 5.88. The number of hydrogen-bond acceptors (Lipinski definition) is 3. The standard InChI is InChI=1S/C13H13ClN2S/c14-10-5-3-9(4-6-10)12-8-17-13(16-12)11-2-1-7-15-11/h3-6,8,11,15H,1-2,7H2. The van der Waals surface area contributed by atoms with Gasteiger partial charge in [-0.3, -0.25) is 0 Å². The highest BCUT2D eigenvalue weighted by Crippen LogP contribution is 2.30. The molecule has 1 N–H and O–H groups in total. The molecule has 2 nitrogen and oxygen atoms in total. The third-order valence-electron chi connectivity index (χ3n) is 3.02. The maximum absolute atomic E-state index is 5.88. The quantitative estimate of drug-likeness (QED) is 0.890. The van der Waals surface area contributed by atoms with Crippen molar-refractivity contribution in [2.45, 2.75) is 18.9 Å². The minimum atomic E-state index is 0.459. The van der Waals surface area contributed by atoms with Crippen LogP contribution in [0, 0.1) is 0 Å². The summed E-state index contributed by atoms with van der Waals surface area (Å²) in [6.45, 7) is 1.11. The lowest BCUT2D eigenvalue weighted by atomic mass is 10.2. The molecule has 1 aromatic carbocycles. The molecule has 2 heterocycles. The van der Waals surface area contributed by atoms with Gasteiger partial charge in [0.15, 0.2) is 0 Å². The zero-order valence-electron chi connectivity index (χ0n) is 9.32. The fourth-order valence-corrected chi connectivity index (χ4v) is 3.16. The molecule has 0 radical (unpaired) electrons. The van der Waals surface area contributed by atoms with E-state index in [1.807, 2.05) is 24.3 Å². The van der Waals surface area contributed by atoms with Gasteiger partial charge in [0.25, 0.3) is 0 Å². The van der Waals surface area contributed by atoms with Crippen molar-refractivity contribution >= 4 is 22.9 Å². The number of nitrogens with one attached hydrogen (secondary N) is 1. The molecule has 0 spiro atoms. The monoisotopic (exact) mass is 264 g/mol. The Hall–Kier alpha value is -0.900. The van der Waals surface area contributed by atoms with Crippen LogP contribution in [0.4, 0.5) is 0 Å². The summed E-state index contributed by atoms with van der Waals surface area (Å²) in [6, 6.07) is 8.31. The second kappa shape index (κ2) is 4.77. The van der Waals surface area contributed by atoms with Crippen LogP contribution in [0.15, 0.2) is 29.6 Å². The Morgan fingerprint density at radius 3 is 2.82 bits per heavy atom. The fraction of sp³-hybridized carbons (Fsp3) is 0.308. The number of rotatable bonds is 2. The van der Waals surface area contributed by atoms with E-state index >= 15 is 0 Å². The normalized spacial score (nSPS) is 19.7. The second-order valence-corrected chi connectivity index (χ2v) is 5.55. The van der Waals surface area contributed by atoms with Crippen molar-refractivity contribution in [2.75, 3.05) is 6.54 Å². The van der Waals surface area contributed by atoms with Gasteiger partial charge in [-0.1, -0.05) is 23.7 Å². The molecule has 3 rings (SSSR count). The van der Waals surface area contributed by atoms with Gasteiger partial charge >= 0.3 is 0 Å². The lowest BCUT2D eigenvalue weighted by molar-refractivity contribution is 0.643. The van der Waals surface area contributed by atoms with E-state index in [-0.39, 0.29) is 0 Å². The number of nitrogens with zero attached hydrogens (tertiary/aromatic N) is 1. The summed E-state index contributed by atoms with van der Waals surface area (Å²) < 4.78 is 0. The fourth-order valence-electron chi connectivity index (χ4n) is 2.10. The number of benzene rings is 1. The van der Waals surface area contributed by atoms with Crippen molar-refractivity contribution in [1.29, 1.82) is 0 Å². The van der Waals surface area contributed by atoms with Crippen molar-refractivity contribution in [2.24, 2.45) is 0 Å². The summed E-state index contributed by atoms with van der Waals surface area (Å²) in [7, 11) is 0. The average molecular weight is 265 g/mol. The van der Waals surface area contributed by atoms with Crippen molar-refractivity contribution in [3.63, 3.8) is 0 Å². The second-order valence-electron chi connectivity index (χ2n) is 4.23. The molecule has 88 valence electrons. The van der Waals surface area contributed by atoms with Crippen molar-refractivity contribution in [1.82, 2.24) is 10.3 Å². The molecule has 0 amide bonds. The topological polar surface area (TPSA) is 24.9 Å². The Morgan fingerprint density at radius 2 is 2.12 bits per heavy atom. The van der Waals surface area contributed by atoms with E-state index in [0.29, 0.717) is 6.04 Å². The summed E-state index contributed by atoms with van der Waals surface area (Å²) >= 11 is 7.62. The lowest BCUT2D eigenvalue weighted by Crippen LogP contribution is -2.12. The Labute approximate surface area is 110 Å². The molecule has 1 aliphatic heterocycles. The Kier molecular flexibility index (Phi) is 3.14. The molecule has 0 saturated carbocycles. The van der Waals surface area contributed by atoms with E-state index in [9.17, 15) is 0 Å². The van der Waals surface area contributed by atoms with E-state index in [1.165, 1.54) is 17.8 Å². The van der Waals surface area contributed by atoms with Crippen LogP contribution in [-0.4, -0.2) is 11.5 Å². The first-order chi connectivity index (χ1) is 8.33. The molecular formula is C13H13ClN2S. The molecule has 17 heavy (non-hydrogen) atoms. The SMILES string of the molecule is Clc1ccc(-c2csc(C3CCCN3)n2)cc1. The minimum Gasteiger partial charge on any atom is -0.308 e. The van der Waals surface area contributed by atoms with Gasteiger partial charge in [-0.15, -0.1) is 11.3 Å². The molecule has 1 atom stereocenters. The third-order valence-corrected chi connectivity index (χ3v) is 4.23. The van der Waals surface area contributed by atoms with Crippen LogP contribution >= 0.6 is 22.9 Å². The van der Waals surface area contributed by atoms with Gasteiger partial charge in [0.2, 0.25) is 0 Å². The van der Waals surface area contributed by atoms with E-state index in [0.717, 1.165) is 22.8 Å². The molecule has 0 aliphatic carbocycles. The summed E-state index contributed by atoms with van der Waals surface area (Å²) in [5, 5.41) is 7.56. The van der Waals surface area contributed by atoms with E-state index in [4.69, 9.17) is 16.6 Å². The number of hydrogen-bond donors (Lipinski definition) is 1. The first-order valence-corrected chi connectivity index (χ1v) is 7.03. The Balaban J connectivity index is 1.86. The molecule has 0 bridgehead atoms. The van der Waals surface area contributed by atoms with E-state index < -0.39 is 0 Å². The van der Waals surface area contributed by atoms with Crippen molar-refractivity contribution < 1.29 is 0 Å². The van der Waals surface area contributed by atoms with Gasteiger partial charge in [0.1, 0.15) is 5.01 Å². The Bertz CT molecular complexity index is 500. The zero-order chi connectivity index (χ0) is 11.7. The maximum Gasteiger partial charge on any atom is 0.110 e. The number of thiazole rings is 1. The van der Waals surface area contributed by atoms with Gasteiger partial charge in [-0.25, -0.2) is 4.98 Å². The van der Waals surface area contributed by atoms with Gasteiger partial charge < -0.3 is 5.32 Å². The number of aromatic nitrogens is 1. The molecule has 1 unspecified atom stereocenters. The summed E-state index contributed by atoms with van der Waals surface area (Å²) in [5.74, 6) is 0. The van der Waals surface area contributed by atoms with Gasteiger partial charge in [-0.05, 0) is 31.5 Å². The molecule has 1 aromatic heterocycles. The van der Waals surface area contributed by atoms with Gasteiger partial charge in [0, 0.05) is 16.0 Å². The molecule has 1 fully saturated rings. The van der Waals surface area contributed by atoms with Crippen LogP contribution in [0.25, 0.3) is 11.3 Å². The predicted molar refractivity (Wildman–Crippen MR) is 72.5 cm³/mol. The first-order valence-electron chi connectivity index (χ1n) is 5.78. The Morgan fingerprint density at radius 1 is 1.29 bits per heavy atom. The van der Waals surface area contributed by atoms with Crippen LogP contribution in [0.3, 0.4) is 0 Å². The highest BCUT2D eigenvalue weighted by atomic mass is 35.5. The third kappa shape index (κ3) is 2.37. The van der Waals surface area contributed by atoms with Crippen molar-refractivity contribution in [3.05, 3.63) is 39.7 Å². The molecule has 1 aliphatic rings. The van der Waals surface area contributed by atoms with Crippen LogP contribution in [0.5, 0.6) is 0 Å². The van der Waals surface area contributed by atoms with E-state index in [1.54, 1.807) is 11.3 Å². The highest BCUT2D eigenvalue weighted by Gasteiger charge is 2.19. The largest absolute Gasteiger partial charge is 0.308 e. The summed E-state index contributed by atoms with van der Waals surface area (Å²) in [5.41, 5.74) is 2.19. The predicted octanol–water partition coefficient (Wildman–Crippen LogP) is 3.89. The van der Waals surface area contributed by atoms with Crippen LogP contribution in [0.2, 0.25) is 5.02 Å². The first kappa shape index (κ1) is 11.2. The van der Waals surface area contributed by atoms with Crippen LogP contribution in [0.1, 0.15) is 23.9 Å². The minimum absolute atomic E-state index is 0.459. The molecule has 2 aromatic rings. The van der Waals surface area contributed by atoms with Crippen LogP contribution in [-0.2, 0) is 0 Å². The smallest absolute Gasteiger partial charge is 0.110 e.